The molecule has 0 bridgehead atoms. The fourth-order valence-electron chi connectivity index (χ4n) is 4.47. The van der Waals surface area contributed by atoms with Crippen molar-refractivity contribution in [2.24, 2.45) is 11.8 Å². The van der Waals surface area contributed by atoms with Crippen LogP contribution in [0.25, 0.3) is 0 Å². The molecule has 2 aliphatic heterocycles. The van der Waals surface area contributed by atoms with Crippen LogP contribution in [0.3, 0.4) is 0 Å². The van der Waals surface area contributed by atoms with Crippen LogP contribution in [0.1, 0.15) is 30.6 Å². The molecule has 2 aromatic rings. The second-order valence-corrected chi connectivity index (χ2v) is 10.6. The van der Waals surface area contributed by atoms with Crippen molar-refractivity contribution in [1.82, 2.24) is 19.2 Å². The smallest absolute Gasteiger partial charge is 0.253 e. The minimum absolute atomic E-state index is 0.0854. The molecule has 31 heavy (non-hydrogen) atoms. The van der Waals surface area contributed by atoms with Gasteiger partial charge in [0.25, 0.3) is 5.91 Å². The Morgan fingerprint density at radius 3 is 2.10 bits per heavy atom. The molecule has 2 fully saturated rings. The zero-order valence-corrected chi connectivity index (χ0v) is 18.8. The molecule has 0 unspecified atom stereocenters. The predicted molar refractivity (Wildman–Crippen MR) is 118 cm³/mol. The van der Waals surface area contributed by atoms with Gasteiger partial charge in [-0.05, 0) is 48.6 Å². The van der Waals surface area contributed by atoms with Crippen molar-refractivity contribution in [1.29, 1.82) is 0 Å². The molecular formula is C22H29N5O3S. The Hall–Kier alpha value is -2.52. The average Bonchev–Trinajstić information content (AvgIpc) is 2.79. The maximum absolute atomic E-state index is 13.0. The van der Waals surface area contributed by atoms with E-state index in [1.54, 1.807) is 51.9 Å². The number of amides is 1. The number of anilines is 1. The van der Waals surface area contributed by atoms with Crippen molar-refractivity contribution < 1.29 is 13.2 Å². The summed E-state index contributed by atoms with van der Waals surface area (Å²) in [7, 11) is -3.55. The summed E-state index contributed by atoms with van der Waals surface area (Å²) in [6, 6.07) is 8.14. The van der Waals surface area contributed by atoms with Crippen LogP contribution < -0.4 is 4.90 Å². The van der Waals surface area contributed by atoms with Gasteiger partial charge >= 0.3 is 0 Å². The Bertz CT molecular complexity index is 995. The molecule has 0 N–H and O–H groups in total. The molecule has 8 nitrogen and oxygen atoms in total. The molecule has 3 heterocycles. The lowest BCUT2D eigenvalue weighted by Gasteiger charge is -2.35. The van der Waals surface area contributed by atoms with E-state index in [-0.39, 0.29) is 10.8 Å². The zero-order valence-electron chi connectivity index (χ0n) is 18.0. The van der Waals surface area contributed by atoms with Gasteiger partial charge in [-0.2, -0.15) is 4.31 Å². The first-order valence-electron chi connectivity index (χ1n) is 10.8. The third kappa shape index (κ3) is 4.72. The maximum atomic E-state index is 13.0. The van der Waals surface area contributed by atoms with Crippen molar-refractivity contribution in [2.75, 3.05) is 44.2 Å². The third-order valence-electron chi connectivity index (χ3n) is 5.98. The Labute approximate surface area is 183 Å². The molecule has 2 atom stereocenters. The third-order valence-corrected chi connectivity index (χ3v) is 7.82. The SMILES string of the molecule is C[C@@H]1C[C@@H](C)CN(S(=O)(=O)c2ccc(C(=O)N3CCN(c4ncccn4)CC3)cc2)C1. The van der Waals surface area contributed by atoms with E-state index >= 15 is 0 Å². The molecule has 4 rings (SSSR count). The van der Waals surface area contributed by atoms with Crippen LogP contribution in [0.2, 0.25) is 0 Å². The molecular weight excluding hydrogens is 414 g/mol. The molecule has 0 aliphatic carbocycles. The van der Waals surface area contributed by atoms with E-state index in [1.807, 2.05) is 0 Å². The molecule has 1 aromatic heterocycles. The number of hydrogen-bond donors (Lipinski definition) is 0. The normalized spacial score (nSPS) is 23.0. The molecule has 9 heteroatoms. The number of hydrogen-bond acceptors (Lipinski definition) is 6. The highest BCUT2D eigenvalue weighted by Gasteiger charge is 2.32. The van der Waals surface area contributed by atoms with Crippen LogP contribution in [-0.4, -0.2) is 72.8 Å². The van der Waals surface area contributed by atoms with Crippen LogP contribution in [-0.2, 0) is 10.0 Å². The quantitative estimate of drug-likeness (QED) is 0.719. The lowest BCUT2D eigenvalue weighted by Crippen LogP contribution is -2.49. The zero-order chi connectivity index (χ0) is 22.0. The summed E-state index contributed by atoms with van der Waals surface area (Å²) >= 11 is 0. The van der Waals surface area contributed by atoms with Gasteiger partial charge in [0.15, 0.2) is 0 Å². The van der Waals surface area contributed by atoms with Gasteiger partial charge in [0.1, 0.15) is 0 Å². The van der Waals surface area contributed by atoms with Crippen LogP contribution in [0.5, 0.6) is 0 Å². The Morgan fingerprint density at radius 2 is 1.52 bits per heavy atom. The molecule has 2 aliphatic rings. The molecule has 2 saturated heterocycles. The first-order valence-corrected chi connectivity index (χ1v) is 12.2. The molecule has 0 spiro atoms. The van der Waals surface area contributed by atoms with E-state index in [4.69, 9.17) is 0 Å². The number of piperazine rings is 1. The van der Waals surface area contributed by atoms with Gasteiger partial charge in [0, 0.05) is 57.2 Å². The van der Waals surface area contributed by atoms with E-state index in [2.05, 4.69) is 28.7 Å². The fraction of sp³-hybridized carbons (Fsp3) is 0.500. The summed E-state index contributed by atoms with van der Waals surface area (Å²) in [5.41, 5.74) is 0.503. The number of sulfonamides is 1. The van der Waals surface area contributed by atoms with Crippen molar-refractivity contribution in [3.63, 3.8) is 0 Å². The number of nitrogens with zero attached hydrogens (tertiary/aromatic N) is 5. The largest absolute Gasteiger partial charge is 0.337 e. The number of rotatable bonds is 4. The lowest BCUT2D eigenvalue weighted by atomic mass is 9.94. The second kappa shape index (κ2) is 8.92. The van der Waals surface area contributed by atoms with Gasteiger partial charge in [-0.15, -0.1) is 0 Å². The van der Waals surface area contributed by atoms with Crippen LogP contribution in [0, 0.1) is 11.8 Å². The summed E-state index contributed by atoms with van der Waals surface area (Å²) in [5, 5.41) is 0. The van der Waals surface area contributed by atoms with E-state index in [0.717, 1.165) is 6.42 Å². The maximum Gasteiger partial charge on any atom is 0.253 e. The summed E-state index contributed by atoms with van der Waals surface area (Å²) in [5.74, 6) is 1.28. The molecule has 166 valence electrons. The lowest BCUT2D eigenvalue weighted by molar-refractivity contribution is 0.0746. The standard InChI is InChI=1S/C22H29N5O3S/c1-17-14-18(2)16-27(15-17)31(29,30)20-6-4-19(5-7-20)21(28)25-10-12-26(13-11-25)22-23-8-3-9-24-22/h3-9,17-18H,10-16H2,1-2H3/t17-,18-/m1/s1. The van der Waals surface area contributed by atoms with Crippen LogP contribution in [0.4, 0.5) is 5.95 Å². The molecule has 1 amide bonds. The Balaban J connectivity index is 1.41. The minimum atomic E-state index is -3.55. The number of piperidine rings is 1. The predicted octanol–water partition coefficient (Wildman–Crippen LogP) is 2.11. The highest BCUT2D eigenvalue weighted by atomic mass is 32.2. The van der Waals surface area contributed by atoms with Gasteiger partial charge in [-0.25, -0.2) is 18.4 Å². The van der Waals surface area contributed by atoms with Gasteiger partial charge < -0.3 is 9.80 Å². The fourth-order valence-corrected chi connectivity index (χ4v) is 6.15. The number of carbonyl (C=O) groups is 1. The Kier molecular flexibility index (Phi) is 6.24. The number of benzene rings is 1. The van der Waals surface area contributed by atoms with Crippen molar-refractivity contribution in [2.45, 2.75) is 25.2 Å². The topological polar surface area (TPSA) is 86.7 Å². The van der Waals surface area contributed by atoms with E-state index in [1.165, 1.54) is 0 Å². The van der Waals surface area contributed by atoms with Gasteiger partial charge in [0.2, 0.25) is 16.0 Å². The Morgan fingerprint density at radius 1 is 0.935 bits per heavy atom. The minimum Gasteiger partial charge on any atom is -0.337 e. The molecule has 0 saturated carbocycles. The van der Waals surface area contributed by atoms with Gasteiger partial charge in [0.05, 0.1) is 4.90 Å². The summed E-state index contributed by atoms with van der Waals surface area (Å²) in [6.45, 7) is 7.72. The van der Waals surface area contributed by atoms with Crippen molar-refractivity contribution >= 4 is 21.9 Å². The average molecular weight is 444 g/mol. The molecule has 0 radical (unpaired) electrons. The first-order chi connectivity index (χ1) is 14.8. The number of carbonyl (C=O) groups excluding carboxylic acids is 1. The highest BCUT2D eigenvalue weighted by Crippen LogP contribution is 2.27. The summed E-state index contributed by atoms with van der Waals surface area (Å²) in [6.07, 6.45) is 4.46. The molecule has 1 aromatic carbocycles. The number of aromatic nitrogens is 2. The van der Waals surface area contributed by atoms with Gasteiger partial charge in [-0.3, -0.25) is 4.79 Å². The summed E-state index contributed by atoms with van der Waals surface area (Å²) in [4.78, 5) is 25.5. The summed E-state index contributed by atoms with van der Waals surface area (Å²) < 4.78 is 27.7. The second-order valence-electron chi connectivity index (χ2n) is 8.62. The van der Waals surface area contributed by atoms with Crippen molar-refractivity contribution in [3.05, 3.63) is 48.3 Å². The van der Waals surface area contributed by atoms with Crippen LogP contribution in [0.15, 0.2) is 47.6 Å². The van der Waals surface area contributed by atoms with E-state index in [9.17, 15) is 13.2 Å². The first kappa shape index (κ1) is 21.7. The van der Waals surface area contributed by atoms with E-state index in [0.29, 0.717) is 62.6 Å². The monoisotopic (exact) mass is 443 g/mol. The van der Waals surface area contributed by atoms with E-state index < -0.39 is 10.0 Å². The highest BCUT2D eigenvalue weighted by molar-refractivity contribution is 7.89. The van der Waals surface area contributed by atoms with Crippen LogP contribution >= 0.6 is 0 Å². The van der Waals surface area contributed by atoms with Crippen molar-refractivity contribution in [3.8, 4) is 0 Å². The van der Waals surface area contributed by atoms with Gasteiger partial charge in [-0.1, -0.05) is 13.8 Å².